The summed E-state index contributed by atoms with van der Waals surface area (Å²) in [6.45, 7) is 4.34. The van der Waals surface area contributed by atoms with Crippen molar-refractivity contribution in [3.05, 3.63) is 18.2 Å². The third kappa shape index (κ3) is 1.96. The zero-order valence-electron chi connectivity index (χ0n) is 9.75. The number of rotatable bonds is 4. The van der Waals surface area contributed by atoms with Crippen LogP contribution >= 0.6 is 0 Å². The molecule has 0 atom stereocenters. The van der Waals surface area contributed by atoms with Gasteiger partial charge in [0.25, 0.3) is 0 Å². The van der Waals surface area contributed by atoms with Gasteiger partial charge in [-0.1, -0.05) is 19.9 Å². The van der Waals surface area contributed by atoms with E-state index in [1.165, 1.54) is 0 Å². The van der Waals surface area contributed by atoms with Crippen LogP contribution in [0.15, 0.2) is 18.2 Å². The second-order valence-corrected chi connectivity index (χ2v) is 3.98. The van der Waals surface area contributed by atoms with Gasteiger partial charge >= 0.3 is 0 Å². The number of hydrogen-bond donors (Lipinski definition) is 3. The van der Waals surface area contributed by atoms with Gasteiger partial charge in [-0.05, 0) is 25.0 Å². The van der Waals surface area contributed by atoms with Crippen LogP contribution in [0.25, 0.3) is 11.3 Å². The summed E-state index contributed by atoms with van der Waals surface area (Å²) >= 11 is 0. The maximum Gasteiger partial charge on any atom is 0.199 e. The average molecular weight is 218 g/mol. The smallest absolute Gasteiger partial charge is 0.199 e. The molecule has 4 heteroatoms. The molecule has 0 saturated heterocycles. The third-order valence-electron chi connectivity index (χ3n) is 2.89. The highest BCUT2D eigenvalue weighted by molar-refractivity contribution is 5.76. The number of nitrogens with two attached hydrogens (primary N) is 1. The number of aromatic nitrogens is 2. The fourth-order valence-electron chi connectivity index (χ4n) is 1.88. The SMILES string of the molecule is CCC(CC)Nc1nc(N)[nH]c2cccc1-2. The highest BCUT2D eigenvalue weighted by Crippen LogP contribution is 2.29. The number of nitrogen functional groups attached to an aromatic ring is 1. The molecule has 16 heavy (non-hydrogen) atoms. The Labute approximate surface area is 95.6 Å². The molecule has 0 aromatic carbocycles. The van der Waals surface area contributed by atoms with Gasteiger partial charge in [-0.25, -0.2) is 0 Å². The summed E-state index contributed by atoms with van der Waals surface area (Å²) in [5.41, 5.74) is 7.86. The summed E-state index contributed by atoms with van der Waals surface area (Å²) in [5, 5.41) is 3.44. The lowest BCUT2D eigenvalue weighted by molar-refractivity contribution is 0.669. The molecule has 1 aliphatic carbocycles. The molecule has 0 spiro atoms. The van der Waals surface area contributed by atoms with E-state index in [2.05, 4.69) is 29.1 Å². The maximum atomic E-state index is 5.74. The van der Waals surface area contributed by atoms with Crippen LogP contribution in [0.5, 0.6) is 0 Å². The van der Waals surface area contributed by atoms with E-state index < -0.39 is 0 Å². The van der Waals surface area contributed by atoms with Gasteiger partial charge in [0.1, 0.15) is 5.82 Å². The van der Waals surface area contributed by atoms with Crippen LogP contribution in [0.4, 0.5) is 11.8 Å². The van der Waals surface area contributed by atoms with Gasteiger partial charge in [0.05, 0.1) is 5.69 Å². The molecule has 0 fully saturated rings. The van der Waals surface area contributed by atoms with E-state index in [0.717, 1.165) is 29.9 Å². The van der Waals surface area contributed by atoms with Crippen molar-refractivity contribution in [1.29, 1.82) is 0 Å². The number of nitrogens with zero attached hydrogens (tertiary/aromatic N) is 1. The number of anilines is 2. The molecule has 1 heterocycles. The van der Waals surface area contributed by atoms with Crippen molar-refractivity contribution in [2.24, 2.45) is 0 Å². The average Bonchev–Trinajstić information content (AvgIpc) is 2.73. The fraction of sp³-hybridized carbons (Fsp3) is 0.417. The molecule has 86 valence electrons. The minimum atomic E-state index is 0.451. The predicted octanol–water partition coefficient (Wildman–Crippen LogP) is 2.70. The molecule has 0 bridgehead atoms. The van der Waals surface area contributed by atoms with Crippen molar-refractivity contribution in [2.45, 2.75) is 32.7 Å². The van der Waals surface area contributed by atoms with E-state index in [9.17, 15) is 0 Å². The Hall–Kier alpha value is -1.71. The summed E-state index contributed by atoms with van der Waals surface area (Å²) in [7, 11) is 0. The molecule has 0 radical (unpaired) electrons. The monoisotopic (exact) mass is 218 g/mol. The summed E-state index contributed by atoms with van der Waals surface area (Å²) in [4.78, 5) is 7.37. The first-order valence-electron chi connectivity index (χ1n) is 5.75. The summed E-state index contributed by atoms with van der Waals surface area (Å²) in [6, 6.07) is 6.50. The lowest BCUT2D eigenvalue weighted by Crippen LogP contribution is -2.19. The molecule has 2 aliphatic rings. The molecule has 4 N–H and O–H groups in total. The second kappa shape index (κ2) is 4.43. The van der Waals surface area contributed by atoms with Crippen LogP contribution in [0.2, 0.25) is 0 Å². The van der Waals surface area contributed by atoms with Gasteiger partial charge in [-0.2, -0.15) is 4.98 Å². The molecule has 0 unspecified atom stereocenters. The third-order valence-corrected chi connectivity index (χ3v) is 2.89. The standard InChI is InChI=1S/C12H18N4/c1-3-8(4-2)14-11-9-6-5-7-10(9)15-12(13)16-11/h5-8,14H,3-4H2,1-2H3,(H3,13,15,16). The van der Waals surface area contributed by atoms with E-state index in [1.54, 1.807) is 0 Å². The second-order valence-electron chi connectivity index (χ2n) is 3.98. The Bertz CT molecular complexity index is 431. The van der Waals surface area contributed by atoms with E-state index in [1.807, 2.05) is 18.2 Å². The lowest BCUT2D eigenvalue weighted by atomic mass is 10.1. The fourth-order valence-corrected chi connectivity index (χ4v) is 1.88. The van der Waals surface area contributed by atoms with Gasteiger partial charge in [0.2, 0.25) is 0 Å². The van der Waals surface area contributed by atoms with Crippen molar-refractivity contribution in [1.82, 2.24) is 9.97 Å². The highest BCUT2D eigenvalue weighted by Gasteiger charge is 2.13. The molecule has 0 aromatic heterocycles. The Morgan fingerprint density at radius 3 is 2.81 bits per heavy atom. The Kier molecular flexibility index (Phi) is 2.99. The first kappa shape index (κ1) is 10.8. The molecule has 0 aromatic rings. The van der Waals surface area contributed by atoms with Gasteiger partial charge in [0.15, 0.2) is 5.95 Å². The van der Waals surface area contributed by atoms with Gasteiger partial charge in [-0.3, -0.25) is 0 Å². The van der Waals surface area contributed by atoms with Crippen molar-refractivity contribution >= 4 is 11.8 Å². The molecule has 4 nitrogen and oxygen atoms in total. The van der Waals surface area contributed by atoms with Gasteiger partial charge in [0, 0.05) is 11.6 Å². The summed E-state index contributed by atoms with van der Waals surface area (Å²) < 4.78 is 0. The maximum absolute atomic E-state index is 5.74. The molecule has 0 saturated carbocycles. The number of nitrogens with one attached hydrogen (secondary N) is 2. The Balaban J connectivity index is 2.33. The number of hydrogen-bond acceptors (Lipinski definition) is 3. The first-order chi connectivity index (χ1) is 7.74. The van der Waals surface area contributed by atoms with Crippen LogP contribution in [0.3, 0.4) is 0 Å². The van der Waals surface area contributed by atoms with Crippen molar-refractivity contribution < 1.29 is 0 Å². The van der Waals surface area contributed by atoms with Gasteiger partial charge < -0.3 is 16.0 Å². The predicted molar refractivity (Wildman–Crippen MR) is 67.6 cm³/mol. The largest absolute Gasteiger partial charge is 0.369 e. The molecular weight excluding hydrogens is 200 g/mol. The lowest BCUT2D eigenvalue weighted by Gasteiger charge is -2.18. The number of fused-ring (bicyclic) bond motifs is 1. The van der Waals surface area contributed by atoms with Crippen molar-refractivity contribution in [2.75, 3.05) is 11.1 Å². The van der Waals surface area contributed by atoms with Crippen LogP contribution in [0, 0.1) is 0 Å². The zero-order chi connectivity index (χ0) is 11.5. The Morgan fingerprint density at radius 2 is 2.12 bits per heavy atom. The number of H-pyrrole nitrogens is 1. The zero-order valence-corrected chi connectivity index (χ0v) is 9.75. The summed E-state index contributed by atoms with van der Waals surface area (Å²) in [6.07, 6.45) is 2.16. The topological polar surface area (TPSA) is 66.7 Å². The van der Waals surface area contributed by atoms with E-state index >= 15 is 0 Å². The van der Waals surface area contributed by atoms with Crippen LogP contribution in [-0.4, -0.2) is 16.0 Å². The van der Waals surface area contributed by atoms with Crippen molar-refractivity contribution in [3.8, 4) is 11.3 Å². The van der Waals surface area contributed by atoms with Crippen LogP contribution in [0.1, 0.15) is 26.7 Å². The van der Waals surface area contributed by atoms with Crippen LogP contribution in [-0.2, 0) is 0 Å². The van der Waals surface area contributed by atoms with E-state index in [0.29, 0.717) is 12.0 Å². The first-order valence-corrected chi connectivity index (χ1v) is 5.75. The molecule has 1 aliphatic heterocycles. The van der Waals surface area contributed by atoms with E-state index in [4.69, 9.17) is 5.73 Å². The van der Waals surface area contributed by atoms with Crippen LogP contribution < -0.4 is 11.1 Å². The molecule has 0 amide bonds. The highest BCUT2D eigenvalue weighted by atomic mass is 15.1. The Morgan fingerprint density at radius 1 is 1.38 bits per heavy atom. The minimum Gasteiger partial charge on any atom is -0.369 e. The normalized spacial score (nSPS) is 11.2. The number of aromatic amines is 1. The van der Waals surface area contributed by atoms with Gasteiger partial charge in [-0.15, -0.1) is 0 Å². The minimum absolute atomic E-state index is 0.451. The van der Waals surface area contributed by atoms with E-state index in [-0.39, 0.29) is 0 Å². The summed E-state index contributed by atoms with van der Waals surface area (Å²) in [5.74, 6) is 1.33. The molecular formula is C12H18N4. The molecule has 2 rings (SSSR count). The quantitative estimate of drug-likeness (QED) is 0.739. The van der Waals surface area contributed by atoms with Crippen molar-refractivity contribution in [3.63, 3.8) is 0 Å².